The Balaban J connectivity index is 1.27. The smallest absolute Gasteiger partial charge is 0.255 e. The molecule has 32 heavy (non-hydrogen) atoms. The standard InChI is InChI=1S/C22H22ClFN4O3S/c23-19-3-1-14(32-19)12-26-5-7-27(8-6-26)18-9-13-11-28(22(31)15(13)10-16(18)24)17-2-4-20(29)25-21(17)30/h1,3,9-10,17H,2,4-8,11-12H2,(H,25,29,30). The maximum atomic E-state index is 15.0. The van der Waals surface area contributed by atoms with Crippen LogP contribution in [0.4, 0.5) is 10.1 Å². The van der Waals surface area contributed by atoms with Crippen LogP contribution in [0.2, 0.25) is 4.34 Å². The van der Waals surface area contributed by atoms with Crippen molar-refractivity contribution in [2.75, 3.05) is 31.1 Å². The number of carbonyl (C=O) groups excluding carboxylic acids is 3. The Morgan fingerprint density at radius 1 is 1.12 bits per heavy atom. The van der Waals surface area contributed by atoms with E-state index in [0.717, 1.165) is 24.0 Å². The van der Waals surface area contributed by atoms with Gasteiger partial charge in [-0.2, -0.15) is 0 Å². The first-order chi connectivity index (χ1) is 15.4. The van der Waals surface area contributed by atoms with Crippen LogP contribution in [0.5, 0.6) is 0 Å². The molecule has 3 amide bonds. The highest BCUT2D eigenvalue weighted by Gasteiger charge is 2.39. The first-order valence-corrected chi connectivity index (χ1v) is 11.8. The molecule has 1 N–H and O–H groups in total. The van der Waals surface area contributed by atoms with Gasteiger partial charge in [0.25, 0.3) is 5.91 Å². The molecular formula is C22H22ClFN4O3S. The van der Waals surface area contributed by atoms with Crippen molar-refractivity contribution in [2.45, 2.75) is 32.0 Å². The maximum absolute atomic E-state index is 15.0. The minimum atomic E-state index is -0.701. The predicted octanol–water partition coefficient (Wildman–Crippen LogP) is 2.62. The molecule has 0 aliphatic carbocycles. The summed E-state index contributed by atoms with van der Waals surface area (Å²) >= 11 is 7.59. The highest BCUT2D eigenvalue weighted by molar-refractivity contribution is 7.16. The summed E-state index contributed by atoms with van der Waals surface area (Å²) in [5.41, 5.74) is 1.50. The van der Waals surface area contributed by atoms with Crippen LogP contribution in [0.1, 0.15) is 33.6 Å². The molecule has 2 aromatic rings. The number of rotatable bonds is 4. The Kier molecular flexibility index (Phi) is 5.65. The number of nitrogens with one attached hydrogen (secondary N) is 1. The molecule has 4 heterocycles. The van der Waals surface area contributed by atoms with Crippen LogP contribution in [-0.2, 0) is 22.7 Å². The van der Waals surface area contributed by atoms with Gasteiger partial charge in [-0.3, -0.25) is 24.6 Å². The molecule has 0 saturated carbocycles. The molecule has 2 saturated heterocycles. The van der Waals surface area contributed by atoms with Crippen LogP contribution in [0.15, 0.2) is 24.3 Å². The largest absolute Gasteiger partial charge is 0.367 e. The van der Waals surface area contributed by atoms with E-state index in [2.05, 4.69) is 10.2 Å². The van der Waals surface area contributed by atoms with E-state index in [1.54, 1.807) is 17.4 Å². The van der Waals surface area contributed by atoms with E-state index in [4.69, 9.17) is 11.6 Å². The second-order valence-corrected chi connectivity index (χ2v) is 10.1. The van der Waals surface area contributed by atoms with Gasteiger partial charge in [0.15, 0.2) is 0 Å². The molecular weight excluding hydrogens is 455 g/mol. The number of carbonyl (C=O) groups is 3. The highest BCUT2D eigenvalue weighted by Crippen LogP contribution is 2.33. The van der Waals surface area contributed by atoms with Gasteiger partial charge in [0, 0.05) is 56.1 Å². The number of hydrogen-bond acceptors (Lipinski definition) is 6. The number of halogens is 2. The van der Waals surface area contributed by atoms with Gasteiger partial charge in [0.1, 0.15) is 11.9 Å². The summed E-state index contributed by atoms with van der Waals surface area (Å²) in [6.45, 7) is 4.03. The monoisotopic (exact) mass is 476 g/mol. The number of amides is 3. The quantitative estimate of drug-likeness (QED) is 0.687. The zero-order chi connectivity index (χ0) is 22.4. The van der Waals surface area contributed by atoms with E-state index >= 15 is 0 Å². The first kappa shape index (κ1) is 21.4. The molecule has 3 aliphatic heterocycles. The normalized spacial score (nSPS) is 21.8. The van der Waals surface area contributed by atoms with E-state index < -0.39 is 17.8 Å². The van der Waals surface area contributed by atoms with Gasteiger partial charge in [-0.25, -0.2) is 4.39 Å². The van der Waals surface area contributed by atoms with E-state index in [-0.39, 0.29) is 31.2 Å². The van der Waals surface area contributed by atoms with Crippen LogP contribution in [0, 0.1) is 5.82 Å². The lowest BCUT2D eigenvalue weighted by Gasteiger charge is -2.36. The average Bonchev–Trinajstić information content (AvgIpc) is 3.31. The van der Waals surface area contributed by atoms with Gasteiger partial charge < -0.3 is 9.80 Å². The lowest BCUT2D eigenvalue weighted by Crippen LogP contribution is -2.52. The third kappa shape index (κ3) is 4.00. The van der Waals surface area contributed by atoms with Crippen LogP contribution < -0.4 is 10.2 Å². The zero-order valence-electron chi connectivity index (χ0n) is 17.3. The van der Waals surface area contributed by atoms with Crippen molar-refractivity contribution in [3.05, 3.63) is 50.4 Å². The average molecular weight is 477 g/mol. The number of anilines is 1. The molecule has 1 aromatic heterocycles. The van der Waals surface area contributed by atoms with Crippen molar-refractivity contribution in [1.29, 1.82) is 0 Å². The van der Waals surface area contributed by atoms with Crippen molar-refractivity contribution >= 4 is 46.3 Å². The van der Waals surface area contributed by atoms with Gasteiger partial charge in [-0.1, -0.05) is 11.6 Å². The third-order valence-corrected chi connectivity index (χ3v) is 7.53. The van der Waals surface area contributed by atoms with Crippen LogP contribution >= 0.6 is 22.9 Å². The number of hydrogen-bond donors (Lipinski definition) is 1. The van der Waals surface area contributed by atoms with Gasteiger partial charge in [-0.05, 0) is 36.2 Å². The Hall–Kier alpha value is -2.49. The van der Waals surface area contributed by atoms with Crippen LogP contribution in [-0.4, -0.2) is 59.7 Å². The lowest BCUT2D eigenvalue weighted by atomic mass is 10.0. The second-order valence-electron chi connectivity index (χ2n) is 8.33. The summed E-state index contributed by atoms with van der Waals surface area (Å²) < 4.78 is 15.8. The fraction of sp³-hybridized carbons (Fsp3) is 0.409. The molecule has 2 fully saturated rings. The first-order valence-electron chi connectivity index (χ1n) is 10.6. The number of imide groups is 1. The van der Waals surface area contributed by atoms with E-state index in [1.807, 2.05) is 17.0 Å². The Morgan fingerprint density at radius 2 is 1.91 bits per heavy atom. The molecule has 0 bridgehead atoms. The number of piperidine rings is 1. The minimum Gasteiger partial charge on any atom is -0.367 e. The molecule has 0 spiro atoms. The van der Waals surface area contributed by atoms with Crippen molar-refractivity contribution in [2.24, 2.45) is 0 Å². The summed E-state index contributed by atoms with van der Waals surface area (Å²) in [5, 5.41) is 2.29. The number of piperazine rings is 1. The molecule has 3 aliphatic rings. The second kappa shape index (κ2) is 8.46. The number of fused-ring (bicyclic) bond motifs is 1. The fourth-order valence-corrected chi connectivity index (χ4v) is 5.75. The topological polar surface area (TPSA) is 73.0 Å². The number of benzene rings is 1. The fourth-order valence-electron chi connectivity index (χ4n) is 4.62. The molecule has 168 valence electrons. The molecule has 1 aromatic carbocycles. The van der Waals surface area contributed by atoms with E-state index in [0.29, 0.717) is 29.9 Å². The summed E-state index contributed by atoms with van der Waals surface area (Å²) in [4.78, 5) is 43.5. The van der Waals surface area contributed by atoms with Crippen molar-refractivity contribution < 1.29 is 18.8 Å². The van der Waals surface area contributed by atoms with Crippen molar-refractivity contribution in [3.8, 4) is 0 Å². The molecule has 5 rings (SSSR count). The maximum Gasteiger partial charge on any atom is 0.255 e. The Labute approximate surface area is 193 Å². The van der Waals surface area contributed by atoms with Gasteiger partial charge in [-0.15, -0.1) is 11.3 Å². The van der Waals surface area contributed by atoms with E-state index in [9.17, 15) is 18.8 Å². The predicted molar refractivity (Wildman–Crippen MR) is 119 cm³/mol. The zero-order valence-corrected chi connectivity index (χ0v) is 18.8. The summed E-state index contributed by atoms with van der Waals surface area (Å²) in [6.07, 6.45) is 0.481. The molecule has 7 nitrogen and oxygen atoms in total. The molecule has 1 unspecified atom stereocenters. The van der Waals surface area contributed by atoms with Gasteiger partial charge in [0.2, 0.25) is 11.8 Å². The highest BCUT2D eigenvalue weighted by atomic mass is 35.5. The number of nitrogens with zero attached hydrogens (tertiary/aromatic N) is 3. The van der Waals surface area contributed by atoms with Crippen LogP contribution in [0.3, 0.4) is 0 Å². The summed E-state index contributed by atoms with van der Waals surface area (Å²) in [5.74, 6) is -1.59. The van der Waals surface area contributed by atoms with Crippen molar-refractivity contribution in [1.82, 2.24) is 15.1 Å². The summed E-state index contributed by atoms with van der Waals surface area (Å²) in [6, 6.07) is 6.26. The third-order valence-electron chi connectivity index (χ3n) is 6.31. The molecule has 0 radical (unpaired) electrons. The number of thiophene rings is 1. The SMILES string of the molecule is O=C1CCC(N2Cc3cc(N4CCN(Cc5ccc(Cl)s5)CC4)c(F)cc3C2=O)C(=O)N1. The van der Waals surface area contributed by atoms with E-state index in [1.165, 1.54) is 15.8 Å². The lowest BCUT2D eigenvalue weighted by molar-refractivity contribution is -0.136. The van der Waals surface area contributed by atoms with Crippen molar-refractivity contribution in [3.63, 3.8) is 0 Å². The Morgan fingerprint density at radius 3 is 2.59 bits per heavy atom. The Bertz CT molecular complexity index is 1100. The molecule has 10 heteroatoms. The molecule has 1 atom stereocenters. The van der Waals surface area contributed by atoms with Crippen LogP contribution in [0.25, 0.3) is 0 Å². The van der Waals surface area contributed by atoms with Gasteiger partial charge in [0.05, 0.1) is 10.0 Å². The summed E-state index contributed by atoms with van der Waals surface area (Å²) in [7, 11) is 0. The minimum absolute atomic E-state index is 0.193. The van der Waals surface area contributed by atoms with Gasteiger partial charge >= 0.3 is 0 Å².